The zero-order valence-electron chi connectivity index (χ0n) is 12.7. The SMILES string of the molecule is CN(c1cc(CNC(C)(C)C)ccn1)C1CCCC1. The summed E-state index contributed by atoms with van der Waals surface area (Å²) < 4.78 is 0. The minimum Gasteiger partial charge on any atom is -0.357 e. The molecule has 106 valence electrons. The van der Waals surface area contributed by atoms with Gasteiger partial charge in [-0.2, -0.15) is 0 Å². The Hall–Kier alpha value is -1.09. The summed E-state index contributed by atoms with van der Waals surface area (Å²) in [6, 6.07) is 5.00. The van der Waals surface area contributed by atoms with Crippen molar-refractivity contribution in [2.24, 2.45) is 0 Å². The van der Waals surface area contributed by atoms with Crippen LogP contribution in [-0.2, 0) is 6.54 Å². The molecule has 0 aliphatic heterocycles. The third kappa shape index (κ3) is 4.20. The van der Waals surface area contributed by atoms with E-state index in [1.54, 1.807) is 0 Å². The van der Waals surface area contributed by atoms with Crippen molar-refractivity contribution in [3.05, 3.63) is 23.9 Å². The summed E-state index contributed by atoms with van der Waals surface area (Å²) in [4.78, 5) is 6.88. The minimum atomic E-state index is 0.154. The summed E-state index contributed by atoms with van der Waals surface area (Å²) in [5.41, 5.74) is 1.46. The Morgan fingerprint density at radius 2 is 2.00 bits per heavy atom. The first-order chi connectivity index (χ1) is 8.96. The molecule has 1 aromatic rings. The van der Waals surface area contributed by atoms with Gasteiger partial charge in [0, 0.05) is 31.4 Å². The van der Waals surface area contributed by atoms with Crippen LogP contribution in [0.25, 0.3) is 0 Å². The van der Waals surface area contributed by atoms with Gasteiger partial charge >= 0.3 is 0 Å². The van der Waals surface area contributed by atoms with Gasteiger partial charge in [-0.25, -0.2) is 4.98 Å². The van der Waals surface area contributed by atoms with Crippen LogP contribution in [0.1, 0.15) is 52.0 Å². The first kappa shape index (κ1) is 14.3. The van der Waals surface area contributed by atoms with E-state index in [9.17, 15) is 0 Å². The normalized spacial score (nSPS) is 16.8. The van der Waals surface area contributed by atoms with Crippen LogP contribution in [0.5, 0.6) is 0 Å². The highest BCUT2D eigenvalue weighted by molar-refractivity contribution is 5.41. The lowest BCUT2D eigenvalue weighted by atomic mass is 10.1. The van der Waals surface area contributed by atoms with Crippen LogP contribution in [0, 0.1) is 0 Å². The highest BCUT2D eigenvalue weighted by Crippen LogP contribution is 2.26. The van der Waals surface area contributed by atoms with Gasteiger partial charge in [-0.15, -0.1) is 0 Å². The van der Waals surface area contributed by atoms with E-state index in [0.29, 0.717) is 6.04 Å². The largest absolute Gasteiger partial charge is 0.357 e. The second kappa shape index (κ2) is 5.91. The fourth-order valence-electron chi connectivity index (χ4n) is 2.61. The molecule has 0 radical (unpaired) electrons. The van der Waals surface area contributed by atoms with Gasteiger partial charge < -0.3 is 10.2 Å². The van der Waals surface area contributed by atoms with Crippen LogP contribution in [-0.4, -0.2) is 23.6 Å². The lowest BCUT2D eigenvalue weighted by Gasteiger charge is -2.26. The van der Waals surface area contributed by atoms with E-state index in [4.69, 9.17) is 0 Å². The van der Waals surface area contributed by atoms with E-state index in [1.165, 1.54) is 31.2 Å². The van der Waals surface area contributed by atoms with E-state index in [2.05, 4.69) is 55.2 Å². The molecule has 0 aromatic carbocycles. The number of aromatic nitrogens is 1. The van der Waals surface area contributed by atoms with Crippen molar-refractivity contribution in [3.8, 4) is 0 Å². The third-order valence-corrected chi connectivity index (χ3v) is 3.87. The molecular weight excluding hydrogens is 234 g/mol. The maximum atomic E-state index is 4.53. The smallest absolute Gasteiger partial charge is 0.128 e. The monoisotopic (exact) mass is 261 g/mol. The van der Waals surface area contributed by atoms with Crippen LogP contribution in [0.3, 0.4) is 0 Å². The average molecular weight is 261 g/mol. The van der Waals surface area contributed by atoms with E-state index >= 15 is 0 Å². The molecule has 1 aliphatic rings. The van der Waals surface area contributed by atoms with Gasteiger partial charge in [0.1, 0.15) is 5.82 Å². The second-order valence-corrected chi connectivity index (χ2v) is 6.68. The zero-order chi connectivity index (χ0) is 13.9. The summed E-state index contributed by atoms with van der Waals surface area (Å²) in [6.45, 7) is 7.48. The van der Waals surface area contributed by atoms with Gasteiger partial charge in [-0.05, 0) is 51.3 Å². The first-order valence-electron chi connectivity index (χ1n) is 7.38. The molecule has 3 nitrogen and oxygen atoms in total. The number of hydrogen-bond donors (Lipinski definition) is 1. The molecule has 1 saturated carbocycles. The first-order valence-corrected chi connectivity index (χ1v) is 7.38. The van der Waals surface area contributed by atoms with Crippen LogP contribution in [0.15, 0.2) is 18.3 Å². The highest BCUT2D eigenvalue weighted by Gasteiger charge is 2.20. The number of rotatable bonds is 4. The summed E-state index contributed by atoms with van der Waals surface area (Å²) in [5, 5.41) is 3.53. The number of nitrogens with one attached hydrogen (secondary N) is 1. The Morgan fingerprint density at radius 3 is 2.63 bits per heavy atom. The van der Waals surface area contributed by atoms with Crippen molar-refractivity contribution in [1.29, 1.82) is 0 Å². The Kier molecular flexibility index (Phi) is 4.46. The molecule has 0 bridgehead atoms. The predicted octanol–water partition coefficient (Wildman–Crippen LogP) is 3.35. The molecule has 1 aliphatic carbocycles. The van der Waals surface area contributed by atoms with Crippen LogP contribution in [0.4, 0.5) is 5.82 Å². The van der Waals surface area contributed by atoms with Gasteiger partial charge in [-0.3, -0.25) is 0 Å². The van der Waals surface area contributed by atoms with Crippen molar-refractivity contribution in [3.63, 3.8) is 0 Å². The molecule has 0 atom stereocenters. The van der Waals surface area contributed by atoms with Crippen LogP contribution in [0.2, 0.25) is 0 Å². The van der Waals surface area contributed by atoms with Crippen molar-refractivity contribution >= 4 is 5.82 Å². The molecule has 0 unspecified atom stereocenters. The molecule has 1 fully saturated rings. The summed E-state index contributed by atoms with van der Waals surface area (Å²) in [6.07, 6.45) is 7.27. The maximum Gasteiger partial charge on any atom is 0.128 e. The molecule has 19 heavy (non-hydrogen) atoms. The Bertz CT molecular complexity index is 403. The van der Waals surface area contributed by atoms with Gasteiger partial charge in [0.25, 0.3) is 0 Å². The lowest BCUT2D eigenvalue weighted by Crippen LogP contribution is -2.35. The molecule has 1 heterocycles. The molecule has 0 amide bonds. The molecule has 0 spiro atoms. The Balaban J connectivity index is 2.01. The van der Waals surface area contributed by atoms with Gasteiger partial charge in [0.15, 0.2) is 0 Å². The van der Waals surface area contributed by atoms with E-state index in [1.807, 2.05) is 6.20 Å². The molecule has 0 saturated heterocycles. The topological polar surface area (TPSA) is 28.2 Å². The van der Waals surface area contributed by atoms with E-state index < -0.39 is 0 Å². The van der Waals surface area contributed by atoms with Crippen molar-refractivity contribution in [1.82, 2.24) is 10.3 Å². The van der Waals surface area contributed by atoms with Gasteiger partial charge in [-0.1, -0.05) is 12.8 Å². The van der Waals surface area contributed by atoms with Crippen molar-refractivity contribution in [2.75, 3.05) is 11.9 Å². The van der Waals surface area contributed by atoms with Gasteiger partial charge in [0.2, 0.25) is 0 Å². The summed E-state index contributed by atoms with van der Waals surface area (Å²) >= 11 is 0. The van der Waals surface area contributed by atoms with E-state index in [-0.39, 0.29) is 5.54 Å². The fraction of sp³-hybridized carbons (Fsp3) is 0.688. The quantitative estimate of drug-likeness (QED) is 0.901. The number of hydrogen-bond acceptors (Lipinski definition) is 3. The van der Waals surface area contributed by atoms with Crippen LogP contribution < -0.4 is 10.2 Å². The zero-order valence-corrected chi connectivity index (χ0v) is 12.7. The Morgan fingerprint density at radius 1 is 1.32 bits per heavy atom. The second-order valence-electron chi connectivity index (χ2n) is 6.68. The summed E-state index contributed by atoms with van der Waals surface area (Å²) in [7, 11) is 2.18. The molecule has 3 heteroatoms. The Labute approximate surface area is 117 Å². The summed E-state index contributed by atoms with van der Waals surface area (Å²) in [5.74, 6) is 1.11. The van der Waals surface area contributed by atoms with Crippen molar-refractivity contribution in [2.45, 2.75) is 64.6 Å². The van der Waals surface area contributed by atoms with Gasteiger partial charge in [0.05, 0.1) is 0 Å². The maximum absolute atomic E-state index is 4.53. The molecular formula is C16H27N3. The lowest BCUT2D eigenvalue weighted by molar-refractivity contribution is 0.424. The number of pyridine rings is 1. The molecule has 1 aromatic heterocycles. The molecule has 1 N–H and O–H groups in total. The highest BCUT2D eigenvalue weighted by atomic mass is 15.2. The van der Waals surface area contributed by atoms with Crippen LogP contribution >= 0.6 is 0 Å². The standard InChI is InChI=1S/C16H27N3/c1-16(2,3)18-12-13-9-10-17-15(11-13)19(4)14-7-5-6-8-14/h9-11,14,18H,5-8,12H2,1-4H3. The third-order valence-electron chi connectivity index (χ3n) is 3.87. The fourth-order valence-corrected chi connectivity index (χ4v) is 2.61. The average Bonchev–Trinajstić information content (AvgIpc) is 2.89. The minimum absolute atomic E-state index is 0.154. The van der Waals surface area contributed by atoms with Crippen molar-refractivity contribution < 1.29 is 0 Å². The van der Waals surface area contributed by atoms with E-state index in [0.717, 1.165) is 12.4 Å². The predicted molar refractivity (Wildman–Crippen MR) is 81.5 cm³/mol. The number of anilines is 1. The molecule has 2 rings (SSSR count). The number of nitrogens with zero attached hydrogens (tertiary/aromatic N) is 2.